The van der Waals surface area contributed by atoms with E-state index in [0.717, 1.165) is 6.42 Å². The lowest BCUT2D eigenvalue weighted by atomic mass is 10.1. The Balaban J connectivity index is 2.44. The smallest absolute Gasteiger partial charge is 0.186 e. The molecule has 0 aromatic heterocycles. The Morgan fingerprint density at radius 2 is 2.36 bits per heavy atom. The molecule has 0 spiro atoms. The molecular formula is C9H18NO+. The fourth-order valence-corrected chi connectivity index (χ4v) is 2.02. The summed E-state index contributed by atoms with van der Waals surface area (Å²) < 4.78 is 0. The molecule has 1 aliphatic rings. The number of likely N-dealkylation sites (tertiary alicyclic amines) is 1. The Hall–Kier alpha value is -0.370. The van der Waals surface area contributed by atoms with Crippen molar-refractivity contribution in [2.75, 3.05) is 13.1 Å². The number of hydrogen-bond donors (Lipinski definition) is 1. The molecule has 0 aromatic carbocycles. The Labute approximate surface area is 68.6 Å². The quantitative estimate of drug-likeness (QED) is 0.612. The minimum absolute atomic E-state index is 0.329. The monoisotopic (exact) mass is 156 g/mol. The van der Waals surface area contributed by atoms with Crippen molar-refractivity contribution >= 4 is 5.78 Å². The maximum atomic E-state index is 11.1. The van der Waals surface area contributed by atoms with E-state index in [4.69, 9.17) is 0 Å². The molecule has 1 saturated heterocycles. The molecule has 2 nitrogen and oxygen atoms in total. The number of quaternary nitrogens is 1. The lowest BCUT2D eigenvalue weighted by Gasteiger charge is -2.17. The summed E-state index contributed by atoms with van der Waals surface area (Å²) in [5.74, 6) is 0.381. The number of Topliss-reactive ketones (excluding diaryl/α,β-unsaturated/α-hetero) is 1. The van der Waals surface area contributed by atoms with Crippen molar-refractivity contribution < 1.29 is 9.69 Å². The summed E-state index contributed by atoms with van der Waals surface area (Å²) in [7, 11) is 0. The van der Waals surface area contributed by atoms with Gasteiger partial charge in [0.05, 0.1) is 13.1 Å². The molecule has 0 bridgehead atoms. The van der Waals surface area contributed by atoms with Gasteiger partial charge in [0, 0.05) is 19.8 Å². The molecule has 2 heteroatoms. The first-order chi connectivity index (χ1) is 5.25. The minimum Gasteiger partial charge on any atom is -0.326 e. The van der Waals surface area contributed by atoms with Gasteiger partial charge in [0.1, 0.15) is 6.04 Å². The molecule has 0 amide bonds. The van der Waals surface area contributed by atoms with Gasteiger partial charge in [-0.25, -0.2) is 0 Å². The average Bonchev–Trinajstić information content (AvgIpc) is 2.36. The maximum absolute atomic E-state index is 11.1. The van der Waals surface area contributed by atoms with E-state index in [1.807, 2.05) is 0 Å². The van der Waals surface area contributed by atoms with Gasteiger partial charge in [-0.1, -0.05) is 6.92 Å². The summed E-state index contributed by atoms with van der Waals surface area (Å²) >= 11 is 0. The van der Waals surface area contributed by atoms with Crippen LogP contribution in [0, 0.1) is 0 Å². The molecule has 0 aliphatic carbocycles. The van der Waals surface area contributed by atoms with Crippen LogP contribution < -0.4 is 4.90 Å². The largest absolute Gasteiger partial charge is 0.326 e. The summed E-state index contributed by atoms with van der Waals surface area (Å²) in [6.07, 6.45) is 3.54. The van der Waals surface area contributed by atoms with Crippen molar-refractivity contribution in [2.45, 2.75) is 39.2 Å². The van der Waals surface area contributed by atoms with E-state index >= 15 is 0 Å². The summed E-state index contributed by atoms with van der Waals surface area (Å²) in [4.78, 5) is 12.6. The van der Waals surface area contributed by atoms with E-state index in [-0.39, 0.29) is 0 Å². The van der Waals surface area contributed by atoms with Crippen molar-refractivity contribution in [1.29, 1.82) is 0 Å². The fourth-order valence-electron chi connectivity index (χ4n) is 2.02. The van der Waals surface area contributed by atoms with Crippen LogP contribution >= 0.6 is 0 Å². The van der Waals surface area contributed by atoms with Gasteiger partial charge in [-0.2, -0.15) is 0 Å². The van der Waals surface area contributed by atoms with Crippen LogP contribution in [-0.4, -0.2) is 24.9 Å². The van der Waals surface area contributed by atoms with Crippen LogP contribution in [0.25, 0.3) is 0 Å². The Morgan fingerprint density at radius 1 is 1.64 bits per heavy atom. The zero-order valence-electron chi connectivity index (χ0n) is 7.52. The second-order valence-electron chi connectivity index (χ2n) is 3.46. The Morgan fingerprint density at radius 3 is 2.91 bits per heavy atom. The molecule has 1 rings (SSSR count). The van der Waals surface area contributed by atoms with Gasteiger partial charge in [-0.3, -0.25) is 4.79 Å². The summed E-state index contributed by atoms with van der Waals surface area (Å²) in [6.45, 7) is 6.29. The van der Waals surface area contributed by atoms with E-state index < -0.39 is 0 Å². The van der Waals surface area contributed by atoms with Crippen LogP contribution in [0.3, 0.4) is 0 Å². The van der Waals surface area contributed by atoms with Gasteiger partial charge in [0.15, 0.2) is 5.78 Å². The number of hydrogen-bond acceptors (Lipinski definition) is 1. The number of nitrogens with one attached hydrogen (secondary N) is 1. The standard InChI is InChI=1S/C9H17NO/c1-3-6-10-7-4-5-9(10)8(2)11/h9H,3-7H2,1-2H3/p+1. The number of carbonyl (C=O) groups is 1. The Bertz CT molecular complexity index is 144. The second-order valence-corrected chi connectivity index (χ2v) is 3.46. The third kappa shape index (κ3) is 2.03. The zero-order chi connectivity index (χ0) is 8.27. The first-order valence-electron chi connectivity index (χ1n) is 4.60. The highest BCUT2D eigenvalue weighted by Crippen LogP contribution is 2.00. The highest BCUT2D eigenvalue weighted by Gasteiger charge is 2.30. The highest BCUT2D eigenvalue weighted by atomic mass is 16.1. The van der Waals surface area contributed by atoms with E-state index in [1.54, 1.807) is 6.92 Å². The average molecular weight is 156 g/mol. The van der Waals surface area contributed by atoms with E-state index in [1.165, 1.54) is 30.8 Å². The molecule has 64 valence electrons. The van der Waals surface area contributed by atoms with Crippen molar-refractivity contribution in [3.05, 3.63) is 0 Å². The molecule has 0 saturated carbocycles. The van der Waals surface area contributed by atoms with Gasteiger partial charge >= 0.3 is 0 Å². The van der Waals surface area contributed by atoms with Crippen LogP contribution in [0.2, 0.25) is 0 Å². The third-order valence-electron chi connectivity index (χ3n) is 2.55. The van der Waals surface area contributed by atoms with Gasteiger partial charge in [0.25, 0.3) is 0 Å². The lowest BCUT2D eigenvalue weighted by molar-refractivity contribution is -0.902. The minimum atomic E-state index is 0.329. The van der Waals surface area contributed by atoms with E-state index in [2.05, 4.69) is 6.92 Å². The third-order valence-corrected chi connectivity index (χ3v) is 2.55. The zero-order valence-corrected chi connectivity index (χ0v) is 7.52. The predicted molar refractivity (Wildman–Crippen MR) is 44.7 cm³/mol. The predicted octanol–water partition coefficient (Wildman–Crippen LogP) is 0.0327. The van der Waals surface area contributed by atoms with Crippen LogP contribution in [0.4, 0.5) is 0 Å². The summed E-state index contributed by atoms with van der Waals surface area (Å²) in [6, 6.07) is 0.329. The topological polar surface area (TPSA) is 21.5 Å². The molecule has 0 aromatic rings. The van der Waals surface area contributed by atoms with Crippen molar-refractivity contribution in [3.63, 3.8) is 0 Å². The van der Waals surface area contributed by atoms with Crippen LogP contribution in [0.15, 0.2) is 0 Å². The molecule has 1 fully saturated rings. The SMILES string of the molecule is CCC[NH+]1CCCC1C(C)=O. The normalized spacial score (nSPS) is 30.7. The first kappa shape index (κ1) is 8.72. The molecule has 1 N–H and O–H groups in total. The number of ketones is 1. The summed E-state index contributed by atoms with van der Waals surface area (Å²) in [5, 5.41) is 0. The molecular weight excluding hydrogens is 138 g/mol. The van der Waals surface area contributed by atoms with Crippen LogP contribution in [-0.2, 0) is 4.79 Å². The highest BCUT2D eigenvalue weighted by molar-refractivity contribution is 5.80. The van der Waals surface area contributed by atoms with Crippen LogP contribution in [0.5, 0.6) is 0 Å². The van der Waals surface area contributed by atoms with Gasteiger partial charge < -0.3 is 4.90 Å². The van der Waals surface area contributed by atoms with Crippen molar-refractivity contribution in [2.24, 2.45) is 0 Å². The Kier molecular flexibility index (Phi) is 3.06. The molecule has 2 unspecified atom stereocenters. The first-order valence-corrected chi connectivity index (χ1v) is 4.60. The molecule has 0 radical (unpaired) electrons. The van der Waals surface area contributed by atoms with Crippen molar-refractivity contribution in [3.8, 4) is 0 Å². The second kappa shape index (κ2) is 3.86. The van der Waals surface area contributed by atoms with Crippen LogP contribution in [0.1, 0.15) is 33.1 Å². The summed E-state index contributed by atoms with van der Waals surface area (Å²) in [5.41, 5.74) is 0. The number of carbonyl (C=O) groups excluding carboxylic acids is 1. The van der Waals surface area contributed by atoms with Crippen molar-refractivity contribution in [1.82, 2.24) is 0 Å². The molecule has 1 aliphatic heterocycles. The lowest BCUT2D eigenvalue weighted by Crippen LogP contribution is -3.14. The molecule has 2 atom stereocenters. The van der Waals surface area contributed by atoms with Gasteiger partial charge in [-0.15, -0.1) is 0 Å². The van der Waals surface area contributed by atoms with E-state index in [0.29, 0.717) is 11.8 Å². The fraction of sp³-hybridized carbons (Fsp3) is 0.889. The maximum Gasteiger partial charge on any atom is 0.186 e. The van der Waals surface area contributed by atoms with E-state index in [9.17, 15) is 4.79 Å². The van der Waals surface area contributed by atoms with Gasteiger partial charge in [0.2, 0.25) is 0 Å². The molecule has 11 heavy (non-hydrogen) atoms. The number of rotatable bonds is 3. The molecule has 1 heterocycles. The van der Waals surface area contributed by atoms with Gasteiger partial charge in [-0.05, 0) is 6.42 Å².